The molecule has 0 radical (unpaired) electrons. The molecule has 1 aromatic rings. The third kappa shape index (κ3) is 1.39. The summed E-state index contributed by atoms with van der Waals surface area (Å²) in [7, 11) is 0. The van der Waals surface area contributed by atoms with Gasteiger partial charge in [0.25, 0.3) is 0 Å². The van der Waals surface area contributed by atoms with E-state index in [1.165, 1.54) is 9.88 Å². The predicted molar refractivity (Wildman–Crippen MR) is 51.5 cm³/mol. The first kappa shape index (κ1) is 8.20. The normalized spacial score (nSPS) is 28.0. The first-order valence-electron chi connectivity index (χ1n) is 4.39. The molecule has 3 heteroatoms. The summed E-state index contributed by atoms with van der Waals surface area (Å²) in [6.45, 7) is 4.35. The molecule has 1 aromatic heterocycles. The quantitative estimate of drug-likeness (QED) is 0.760. The molecule has 1 fully saturated rings. The minimum absolute atomic E-state index is 0.408. The van der Waals surface area contributed by atoms with E-state index in [1.807, 2.05) is 17.5 Å². The molecule has 0 unspecified atom stereocenters. The van der Waals surface area contributed by atoms with Crippen molar-refractivity contribution in [3.63, 3.8) is 0 Å². The second-order valence-electron chi connectivity index (χ2n) is 3.76. The molecule has 0 amide bonds. The smallest absolute Gasteiger partial charge is 0.0953 e. The van der Waals surface area contributed by atoms with Crippen molar-refractivity contribution in [3.05, 3.63) is 16.1 Å². The minimum atomic E-state index is 0.408. The molecule has 0 spiro atoms. The van der Waals surface area contributed by atoms with Crippen LogP contribution in [0.5, 0.6) is 0 Å². The highest BCUT2D eigenvalue weighted by molar-refractivity contribution is 7.11. The van der Waals surface area contributed by atoms with Gasteiger partial charge in [0.05, 0.1) is 5.01 Å². The topological polar surface area (TPSA) is 38.9 Å². The van der Waals surface area contributed by atoms with Crippen LogP contribution in [0.4, 0.5) is 0 Å². The number of nitrogens with zero attached hydrogens (tertiary/aromatic N) is 1. The van der Waals surface area contributed by atoms with Gasteiger partial charge in [0.2, 0.25) is 0 Å². The Kier molecular flexibility index (Phi) is 1.93. The van der Waals surface area contributed by atoms with E-state index in [-0.39, 0.29) is 0 Å². The summed E-state index contributed by atoms with van der Waals surface area (Å²) >= 11 is 1.82. The molecule has 0 aliphatic heterocycles. The molecule has 0 bridgehead atoms. The van der Waals surface area contributed by atoms with Crippen LogP contribution in [0.3, 0.4) is 0 Å². The Morgan fingerprint density at radius 2 is 2.33 bits per heavy atom. The van der Waals surface area contributed by atoms with Crippen molar-refractivity contribution in [2.45, 2.75) is 38.1 Å². The van der Waals surface area contributed by atoms with Crippen molar-refractivity contribution >= 4 is 11.3 Å². The lowest BCUT2D eigenvalue weighted by atomic mass is 10.2. The fourth-order valence-electron chi connectivity index (χ4n) is 1.28. The van der Waals surface area contributed by atoms with Crippen LogP contribution in [-0.2, 0) is 0 Å². The molecular formula is C9H14N2S. The van der Waals surface area contributed by atoms with Crippen LogP contribution >= 0.6 is 11.3 Å². The second-order valence-corrected chi connectivity index (χ2v) is 4.86. The lowest BCUT2D eigenvalue weighted by Crippen LogP contribution is -1.99. The Balaban J connectivity index is 2.14. The van der Waals surface area contributed by atoms with Crippen molar-refractivity contribution < 1.29 is 0 Å². The van der Waals surface area contributed by atoms with Gasteiger partial charge in [-0.2, -0.15) is 0 Å². The SMILES string of the molecule is CC(C)c1ncc([C@@H]2C[C@H]2N)s1. The Hall–Kier alpha value is -0.410. The summed E-state index contributed by atoms with van der Waals surface area (Å²) in [5.41, 5.74) is 5.76. The summed E-state index contributed by atoms with van der Waals surface area (Å²) in [4.78, 5) is 5.76. The monoisotopic (exact) mass is 182 g/mol. The first-order chi connectivity index (χ1) is 5.68. The number of hydrogen-bond acceptors (Lipinski definition) is 3. The summed E-state index contributed by atoms with van der Waals surface area (Å²) in [5, 5.41) is 1.24. The van der Waals surface area contributed by atoms with Gasteiger partial charge in [0, 0.05) is 29.0 Å². The molecule has 2 nitrogen and oxygen atoms in total. The lowest BCUT2D eigenvalue weighted by molar-refractivity contribution is 0.852. The molecule has 12 heavy (non-hydrogen) atoms. The second kappa shape index (κ2) is 2.82. The van der Waals surface area contributed by atoms with Crippen LogP contribution in [0.25, 0.3) is 0 Å². The van der Waals surface area contributed by atoms with Crippen LogP contribution in [0.15, 0.2) is 6.20 Å². The number of thiazole rings is 1. The maximum Gasteiger partial charge on any atom is 0.0953 e. The van der Waals surface area contributed by atoms with Gasteiger partial charge in [-0.15, -0.1) is 11.3 Å². The summed E-state index contributed by atoms with van der Waals surface area (Å²) < 4.78 is 0. The molecular weight excluding hydrogens is 168 g/mol. The van der Waals surface area contributed by atoms with Crippen molar-refractivity contribution in [2.24, 2.45) is 5.73 Å². The van der Waals surface area contributed by atoms with Crippen molar-refractivity contribution in [1.82, 2.24) is 4.98 Å². The van der Waals surface area contributed by atoms with E-state index in [2.05, 4.69) is 18.8 Å². The molecule has 1 heterocycles. The highest BCUT2D eigenvalue weighted by Gasteiger charge is 2.36. The summed E-state index contributed by atoms with van der Waals surface area (Å²) in [6.07, 6.45) is 3.15. The molecule has 1 aliphatic rings. The highest BCUT2D eigenvalue weighted by atomic mass is 32.1. The molecule has 0 saturated heterocycles. The Bertz CT molecular complexity index is 280. The molecule has 2 N–H and O–H groups in total. The molecule has 1 aliphatic carbocycles. The predicted octanol–water partition coefficient (Wildman–Crippen LogP) is 2.08. The zero-order valence-electron chi connectivity index (χ0n) is 7.45. The van der Waals surface area contributed by atoms with E-state index in [1.54, 1.807) is 0 Å². The number of rotatable bonds is 2. The minimum Gasteiger partial charge on any atom is -0.327 e. The van der Waals surface area contributed by atoms with Crippen molar-refractivity contribution in [2.75, 3.05) is 0 Å². The zero-order valence-corrected chi connectivity index (χ0v) is 8.27. The van der Waals surface area contributed by atoms with Crippen LogP contribution in [0.1, 0.15) is 42.0 Å². The maximum absolute atomic E-state index is 5.76. The molecule has 1 saturated carbocycles. The molecule has 2 atom stereocenters. The highest BCUT2D eigenvalue weighted by Crippen LogP contribution is 2.42. The Labute approximate surface area is 76.8 Å². The molecule has 2 rings (SSSR count). The van der Waals surface area contributed by atoms with E-state index in [4.69, 9.17) is 5.73 Å². The van der Waals surface area contributed by atoms with Gasteiger partial charge in [-0.25, -0.2) is 4.98 Å². The average Bonchev–Trinajstić information content (AvgIpc) is 2.59. The van der Waals surface area contributed by atoms with Crippen LogP contribution in [0, 0.1) is 0 Å². The van der Waals surface area contributed by atoms with E-state index < -0.39 is 0 Å². The number of hydrogen-bond donors (Lipinski definition) is 1. The van der Waals surface area contributed by atoms with E-state index >= 15 is 0 Å². The van der Waals surface area contributed by atoms with Crippen LogP contribution < -0.4 is 5.73 Å². The standard InChI is InChI=1S/C9H14N2S/c1-5(2)9-11-4-8(12-9)6-3-7(6)10/h4-7H,3,10H2,1-2H3/t6-,7-/m1/s1. The fraction of sp³-hybridized carbons (Fsp3) is 0.667. The Morgan fingerprint density at radius 3 is 2.75 bits per heavy atom. The van der Waals surface area contributed by atoms with E-state index in [0.717, 1.165) is 6.42 Å². The van der Waals surface area contributed by atoms with E-state index in [0.29, 0.717) is 17.9 Å². The molecule has 0 aromatic carbocycles. The maximum atomic E-state index is 5.76. The summed E-state index contributed by atoms with van der Waals surface area (Å²) in [6, 6.07) is 0.408. The fourth-order valence-corrected chi connectivity index (χ4v) is 2.39. The van der Waals surface area contributed by atoms with Crippen LogP contribution in [-0.4, -0.2) is 11.0 Å². The van der Waals surface area contributed by atoms with Gasteiger partial charge in [-0.05, 0) is 6.42 Å². The summed E-state index contributed by atoms with van der Waals surface area (Å²) in [5.74, 6) is 1.17. The average molecular weight is 182 g/mol. The van der Waals surface area contributed by atoms with E-state index in [9.17, 15) is 0 Å². The first-order valence-corrected chi connectivity index (χ1v) is 5.21. The zero-order chi connectivity index (χ0) is 8.72. The lowest BCUT2D eigenvalue weighted by Gasteiger charge is -1.95. The van der Waals surface area contributed by atoms with Gasteiger partial charge >= 0.3 is 0 Å². The van der Waals surface area contributed by atoms with Gasteiger partial charge in [-0.1, -0.05) is 13.8 Å². The third-order valence-corrected chi connectivity index (χ3v) is 3.67. The van der Waals surface area contributed by atoms with Gasteiger partial charge in [0.1, 0.15) is 0 Å². The Morgan fingerprint density at radius 1 is 1.67 bits per heavy atom. The van der Waals surface area contributed by atoms with Crippen molar-refractivity contribution in [1.29, 1.82) is 0 Å². The van der Waals surface area contributed by atoms with Crippen molar-refractivity contribution in [3.8, 4) is 0 Å². The van der Waals surface area contributed by atoms with Gasteiger partial charge < -0.3 is 5.73 Å². The molecule has 66 valence electrons. The number of nitrogens with two attached hydrogens (primary N) is 1. The number of aromatic nitrogens is 1. The van der Waals surface area contributed by atoms with Gasteiger partial charge in [-0.3, -0.25) is 0 Å². The van der Waals surface area contributed by atoms with Gasteiger partial charge in [0.15, 0.2) is 0 Å². The van der Waals surface area contributed by atoms with Crippen LogP contribution in [0.2, 0.25) is 0 Å². The largest absolute Gasteiger partial charge is 0.327 e. The third-order valence-electron chi connectivity index (χ3n) is 2.24.